The van der Waals surface area contributed by atoms with E-state index in [1.165, 1.54) is 6.07 Å². The van der Waals surface area contributed by atoms with Gasteiger partial charge in [0.05, 0.1) is 4.90 Å². The maximum atomic E-state index is 12.7. The molecular formula is C18H20BrN3O3S. The third-order valence-corrected chi connectivity index (χ3v) is 5.98. The summed E-state index contributed by atoms with van der Waals surface area (Å²) in [6.07, 6.45) is 1.50. The van der Waals surface area contributed by atoms with E-state index >= 15 is 0 Å². The van der Waals surface area contributed by atoms with Gasteiger partial charge in [-0.1, -0.05) is 28.9 Å². The topological polar surface area (TPSA) is 78.5 Å². The number of sulfonamides is 1. The number of hydrogen-bond donors (Lipinski definition) is 2. The number of anilines is 2. The van der Waals surface area contributed by atoms with Gasteiger partial charge in [0.15, 0.2) is 0 Å². The first kappa shape index (κ1) is 18.7. The Morgan fingerprint density at radius 3 is 2.77 bits per heavy atom. The zero-order chi connectivity index (χ0) is 18.7. The Morgan fingerprint density at radius 1 is 1.23 bits per heavy atom. The SMILES string of the molecule is CCCNC(=O)N1CCc2cc(S(=O)(=O)Nc3cccc(Br)c3)ccc21. The Balaban J connectivity index is 1.82. The summed E-state index contributed by atoms with van der Waals surface area (Å²) >= 11 is 3.33. The quantitative estimate of drug-likeness (QED) is 0.747. The minimum atomic E-state index is -3.69. The molecule has 0 saturated heterocycles. The monoisotopic (exact) mass is 437 g/mol. The molecule has 2 aromatic rings. The molecule has 0 atom stereocenters. The minimum Gasteiger partial charge on any atom is -0.338 e. The molecule has 6 nitrogen and oxygen atoms in total. The molecule has 3 rings (SSSR count). The summed E-state index contributed by atoms with van der Waals surface area (Å²) in [6.45, 7) is 3.16. The van der Waals surface area contributed by atoms with Gasteiger partial charge in [0, 0.05) is 28.9 Å². The summed E-state index contributed by atoms with van der Waals surface area (Å²) in [4.78, 5) is 14.0. The molecule has 8 heteroatoms. The Labute approximate surface area is 161 Å². The van der Waals surface area contributed by atoms with Crippen LogP contribution in [0.25, 0.3) is 0 Å². The Kier molecular flexibility index (Phi) is 5.52. The van der Waals surface area contributed by atoms with Gasteiger partial charge >= 0.3 is 6.03 Å². The fourth-order valence-corrected chi connectivity index (χ4v) is 4.35. The Hall–Kier alpha value is -2.06. The first-order chi connectivity index (χ1) is 12.4. The van der Waals surface area contributed by atoms with Gasteiger partial charge < -0.3 is 5.32 Å². The number of amides is 2. The number of fused-ring (bicyclic) bond motifs is 1. The molecule has 1 aliphatic rings. The number of nitrogens with one attached hydrogen (secondary N) is 2. The average Bonchev–Trinajstić information content (AvgIpc) is 3.02. The van der Waals surface area contributed by atoms with Gasteiger partial charge in [0.2, 0.25) is 0 Å². The molecule has 0 fully saturated rings. The van der Waals surface area contributed by atoms with Crippen LogP contribution in [-0.4, -0.2) is 27.5 Å². The lowest BCUT2D eigenvalue weighted by atomic mass is 10.2. The maximum absolute atomic E-state index is 12.7. The highest BCUT2D eigenvalue weighted by Crippen LogP contribution is 2.31. The zero-order valence-corrected chi connectivity index (χ0v) is 16.7. The molecule has 0 radical (unpaired) electrons. The third kappa shape index (κ3) is 4.02. The lowest BCUT2D eigenvalue weighted by molar-refractivity contribution is 0.247. The van der Waals surface area contributed by atoms with E-state index < -0.39 is 10.0 Å². The lowest BCUT2D eigenvalue weighted by Gasteiger charge is -2.18. The highest BCUT2D eigenvalue weighted by atomic mass is 79.9. The van der Waals surface area contributed by atoms with Crippen molar-refractivity contribution in [1.29, 1.82) is 0 Å². The summed E-state index contributed by atoms with van der Waals surface area (Å²) in [5.74, 6) is 0. The number of rotatable bonds is 5. The molecule has 26 heavy (non-hydrogen) atoms. The highest BCUT2D eigenvalue weighted by molar-refractivity contribution is 9.10. The van der Waals surface area contributed by atoms with E-state index in [-0.39, 0.29) is 10.9 Å². The number of hydrogen-bond acceptors (Lipinski definition) is 3. The van der Waals surface area contributed by atoms with Crippen LogP contribution in [0.3, 0.4) is 0 Å². The first-order valence-electron chi connectivity index (χ1n) is 8.37. The predicted octanol–water partition coefficient (Wildman–Crippen LogP) is 3.73. The van der Waals surface area contributed by atoms with Crippen LogP contribution in [0.15, 0.2) is 51.8 Å². The second-order valence-corrected chi connectivity index (χ2v) is 8.64. The van der Waals surface area contributed by atoms with Crippen LogP contribution in [0.2, 0.25) is 0 Å². The number of carbonyl (C=O) groups is 1. The molecule has 2 aromatic carbocycles. The van der Waals surface area contributed by atoms with E-state index in [9.17, 15) is 13.2 Å². The number of nitrogens with zero attached hydrogens (tertiary/aromatic N) is 1. The molecule has 1 aliphatic heterocycles. The molecule has 0 saturated carbocycles. The van der Waals surface area contributed by atoms with Crippen molar-refractivity contribution in [3.63, 3.8) is 0 Å². The fourth-order valence-electron chi connectivity index (χ4n) is 2.85. The van der Waals surface area contributed by atoms with Crippen molar-refractivity contribution < 1.29 is 13.2 Å². The second-order valence-electron chi connectivity index (χ2n) is 6.04. The van der Waals surface area contributed by atoms with Gasteiger partial charge in [-0.3, -0.25) is 9.62 Å². The third-order valence-electron chi connectivity index (χ3n) is 4.11. The van der Waals surface area contributed by atoms with Gasteiger partial charge in [-0.25, -0.2) is 13.2 Å². The van der Waals surface area contributed by atoms with Gasteiger partial charge in [0.1, 0.15) is 0 Å². The molecule has 0 unspecified atom stereocenters. The normalized spacial score (nSPS) is 13.4. The molecule has 2 N–H and O–H groups in total. The summed E-state index contributed by atoms with van der Waals surface area (Å²) in [5, 5.41) is 2.85. The van der Waals surface area contributed by atoms with Crippen molar-refractivity contribution in [2.75, 3.05) is 22.7 Å². The number of urea groups is 1. The van der Waals surface area contributed by atoms with E-state index in [0.717, 1.165) is 22.1 Å². The van der Waals surface area contributed by atoms with Crippen LogP contribution in [0.5, 0.6) is 0 Å². The van der Waals surface area contributed by atoms with Crippen LogP contribution in [0.1, 0.15) is 18.9 Å². The smallest absolute Gasteiger partial charge is 0.321 e. The van der Waals surface area contributed by atoms with E-state index in [2.05, 4.69) is 26.0 Å². The van der Waals surface area contributed by atoms with Crippen LogP contribution in [0, 0.1) is 0 Å². The summed E-state index contributed by atoms with van der Waals surface area (Å²) in [6, 6.07) is 11.7. The van der Waals surface area contributed by atoms with Gasteiger partial charge in [0.25, 0.3) is 10.0 Å². The van der Waals surface area contributed by atoms with E-state index in [1.807, 2.05) is 13.0 Å². The van der Waals surface area contributed by atoms with Crippen molar-refractivity contribution in [2.24, 2.45) is 0 Å². The zero-order valence-electron chi connectivity index (χ0n) is 14.3. The van der Waals surface area contributed by atoms with Crippen molar-refractivity contribution in [3.8, 4) is 0 Å². The molecular weight excluding hydrogens is 418 g/mol. The summed E-state index contributed by atoms with van der Waals surface area (Å²) < 4.78 is 28.7. The average molecular weight is 438 g/mol. The summed E-state index contributed by atoms with van der Waals surface area (Å²) in [7, 11) is -3.69. The van der Waals surface area contributed by atoms with Gasteiger partial charge in [-0.05, 0) is 54.8 Å². The van der Waals surface area contributed by atoms with Gasteiger partial charge in [-0.2, -0.15) is 0 Å². The van der Waals surface area contributed by atoms with Crippen LogP contribution in [0.4, 0.5) is 16.2 Å². The number of carbonyl (C=O) groups excluding carboxylic acids is 1. The van der Waals surface area contributed by atoms with Gasteiger partial charge in [-0.15, -0.1) is 0 Å². The Bertz CT molecular complexity index is 931. The summed E-state index contributed by atoms with van der Waals surface area (Å²) in [5.41, 5.74) is 2.11. The van der Waals surface area contributed by atoms with Crippen molar-refractivity contribution >= 4 is 43.4 Å². The van der Waals surface area contributed by atoms with Crippen molar-refractivity contribution in [2.45, 2.75) is 24.7 Å². The van der Waals surface area contributed by atoms with E-state index in [1.54, 1.807) is 35.2 Å². The van der Waals surface area contributed by atoms with Crippen LogP contribution >= 0.6 is 15.9 Å². The van der Waals surface area contributed by atoms with Crippen LogP contribution in [-0.2, 0) is 16.4 Å². The molecule has 0 aliphatic carbocycles. The standard InChI is InChI=1S/C18H20BrN3O3S/c1-2-9-20-18(23)22-10-8-13-11-16(6-7-17(13)22)26(24,25)21-15-5-3-4-14(19)12-15/h3-7,11-12,21H,2,8-10H2,1H3,(H,20,23). The number of benzene rings is 2. The lowest BCUT2D eigenvalue weighted by Crippen LogP contribution is -2.39. The molecule has 2 amide bonds. The minimum absolute atomic E-state index is 0.145. The largest absolute Gasteiger partial charge is 0.338 e. The maximum Gasteiger partial charge on any atom is 0.321 e. The predicted molar refractivity (Wildman–Crippen MR) is 106 cm³/mol. The van der Waals surface area contributed by atoms with Crippen molar-refractivity contribution in [1.82, 2.24) is 5.32 Å². The van der Waals surface area contributed by atoms with E-state index in [4.69, 9.17) is 0 Å². The van der Waals surface area contributed by atoms with Crippen molar-refractivity contribution in [3.05, 3.63) is 52.5 Å². The molecule has 0 spiro atoms. The van der Waals surface area contributed by atoms with Crippen LogP contribution < -0.4 is 14.9 Å². The Morgan fingerprint density at radius 2 is 2.04 bits per heavy atom. The fraction of sp³-hybridized carbons (Fsp3) is 0.278. The molecule has 1 heterocycles. The van der Waals surface area contributed by atoms with E-state index in [0.29, 0.717) is 25.2 Å². The molecule has 0 aromatic heterocycles. The molecule has 138 valence electrons. The molecule has 0 bridgehead atoms. The number of halogens is 1. The first-order valence-corrected chi connectivity index (χ1v) is 10.6. The second kappa shape index (κ2) is 7.67. The highest BCUT2D eigenvalue weighted by Gasteiger charge is 2.26.